The molecule has 0 unspecified atom stereocenters. The van der Waals surface area contributed by atoms with Crippen LogP contribution in [-0.2, 0) is 4.79 Å². The second-order valence-corrected chi connectivity index (χ2v) is 5.17. The Hall–Kier alpha value is -1.26. The van der Waals surface area contributed by atoms with Gasteiger partial charge in [-0.15, -0.1) is 12.4 Å². The van der Waals surface area contributed by atoms with Crippen LogP contribution in [0.2, 0.25) is 0 Å². The van der Waals surface area contributed by atoms with Crippen LogP contribution in [0.4, 0.5) is 0 Å². The number of nitrogens with one attached hydrogen (secondary N) is 1. The highest BCUT2D eigenvalue weighted by molar-refractivity contribution is 5.85. The zero-order valence-corrected chi connectivity index (χ0v) is 13.4. The Bertz CT molecular complexity index is 408. The van der Waals surface area contributed by atoms with Gasteiger partial charge in [-0.2, -0.15) is 0 Å². The Morgan fingerprint density at radius 2 is 1.95 bits per heavy atom. The Balaban J connectivity index is 0.00000220. The van der Waals surface area contributed by atoms with Crippen molar-refractivity contribution in [3.8, 4) is 5.75 Å². The van der Waals surface area contributed by atoms with Crippen molar-refractivity contribution in [3.05, 3.63) is 30.3 Å². The second kappa shape index (κ2) is 9.64. The van der Waals surface area contributed by atoms with Crippen LogP contribution >= 0.6 is 12.4 Å². The van der Waals surface area contributed by atoms with Gasteiger partial charge in [-0.3, -0.25) is 4.79 Å². The molecule has 0 saturated carbocycles. The van der Waals surface area contributed by atoms with Crippen molar-refractivity contribution >= 4 is 18.3 Å². The summed E-state index contributed by atoms with van der Waals surface area (Å²) in [6.07, 6.45) is 3.06. The molecule has 1 aliphatic heterocycles. The topological polar surface area (TPSA) is 41.6 Å². The maximum atomic E-state index is 12.4. The fourth-order valence-electron chi connectivity index (χ4n) is 2.61. The van der Waals surface area contributed by atoms with Gasteiger partial charge in [0.1, 0.15) is 5.75 Å². The van der Waals surface area contributed by atoms with E-state index in [2.05, 4.69) is 12.2 Å². The molecule has 21 heavy (non-hydrogen) atoms. The number of piperidine rings is 1. The van der Waals surface area contributed by atoms with Gasteiger partial charge in [0.25, 0.3) is 5.91 Å². The molecule has 1 saturated heterocycles. The number of nitrogens with zero attached hydrogens (tertiary/aromatic N) is 1. The smallest absolute Gasteiger partial charge is 0.260 e. The molecule has 118 valence electrons. The number of carbonyl (C=O) groups excluding carboxylic acids is 1. The molecule has 1 aromatic rings. The van der Waals surface area contributed by atoms with E-state index in [9.17, 15) is 4.79 Å². The molecule has 2 rings (SSSR count). The van der Waals surface area contributed by atoms with E-state index >= 15 is 0 Å². The quantitative estimate of drug-likeness (QED) is 0.877. The van der Waals surface area contributed by atoms with E-state index in [4.69, 9.17) is 4.74 Å². The average molecular weight is 313 g/mol. The lowest BCUT2D eigenvalue weighted by Crippen LogP contribution is -2.48. The van der Waals surface area contributed by atoms with Gasteiger partial charge < -0.3 is 15.0 Å². The molecule has 1 aliphatic rings. The number of amides is 1. The van der Waals surface area contributed by atoms with Gasteiger partial charge in [0.05, 0.1) is 0 Å². The molecule has 0 aromatic heterocycles. The van der Waals surface area contributed by atoms with Gasteiger partial charge in [0, 0.05) is 12.6 Å². The first-order chi connectivity index (χ1) is 9.81. The van der Waals surface area contributed by atoms with Crippen LogP contribution in [0.3, 0.4) is 0 Å². The minimum absolute atomic E-state index is 0. The SMILES string of the molecule is CCCN(C(=O)COc1ccccc1)C1CCNCC1.Cl. The maximum Gasteiger partial charge on any atom is 0.260 e. The number of rotatable bonds is 6. The maximum absolute atomic E-state index is 12.4. The number of hydrogen-bond acceptors (Lipinski definition) is 3. The Labute approximate surface area is 133 Å². The van der Waals surface area contributed by atoms with Crippen molar-refractivity contribution in [2.45, 2.75) is 32.2 Å². The number of para-hydroxylation sites is 1. The Morgan fingerprint density at radius 1 is 1.29 bits per heavy atom. The third-order valence-corrected chi connectivity index (χ3v) is 3.64. The fraction of sp³-hybridized carbons (Fsp3) is 0.562. The molecule has 0 atom stereocenters. The molecule has 1 N–H and O–H groups in total. The molecular weight excluding hydrogens is 288 g/mol. The summed E-state index contributed by atoms with van der Waals surface area (Å²) in [6.45, 7) is 5.06. The highest BCUT2D eigenvalue weighted by atomic mass is 35.5. The predicted octanol–water partition coefficient (Wildman–Crippen LogP) is 2.48. The van der Waals surface area contributed by atoms with Crippen molar-refractivity contribution in [1.29, 1.82) is 0 Å². The lowest BCUT2D eigenvalue weighted by molar-refractivity contribution is -0.136. The molecule has 1 heterocycles. The van der Waals surface area contributed by atoms with Gasteiger partial charge in [-0.1, -0.05) is 25.1 Å². The average Bonchev–Trinajstić information content (AvgIpc) is 2.52. The van der Waals surface area contributed by atoms with Gasteiger partial charge >= 0.3 is 0 Å². The first kappa shape index (κ1) is 17.8. The summed E-state index contributed by atoms with van der Waals surface area (Å²) in [5.74, 6) is 0.852. The molecule has 0 radical (unpaired) electrons. The first-order valence-electron chi connectivity index (χ1n) is 7.49. The van der Waals surface area contributed by atoms with Crippen LogP contribution in [0.5, 0.6) is 5.75 Å². The summed E-state index contributed by atoms with van der Waals surface area (Å²) < 4.78 is 5.58. The van der Waals surface area contributed by atoms with Crippen molar-refractivity contribution in [2.75, 3.05) is 26.2 Å². The molecular formula is C16H25ClN2O2. The molecule has 1 amide bonds. The number of carbonyl (C=O) groups is 1. The zero-order chi connectivity index (χ0) is 14.2. The largest absolute Gasteiger partial charge is 0.484 e. The Kier molecular flexibility index (Phi) is 8.16. The summed E-state index contributed by atoms with van der Waals surface area (Å²) in [5, 5.41) is 3.34. The molecule has 1 aromatic carbocycles. The number of hydrogen-bond donors (Lipinski definition) is 1. The Morgan fingerprint density at radius 3 is 2.57 bits per heavy atom. The molecule has 0 bridgehead atoms. The lowest BCUT2D eigenvalue weighted by atomic mass is 10.0. The predicted molar refractivity (Wildman–Crippen MR) is 87.1 cm³/mol. The normalized spacial score (nSPS) is 15.1. The number of benzene rings is 1. The molecule has 4 nitrogen and oxygen atoms in total. The summed E-state index contributed by atoms with van der Waals surface area (Å²) >= 11 is 0. The van der Waals surface area contributed by atoms with Crippen LogP contribution < -0.4 is 10.1 Å². The monoisotopic (exact) mass is 312 g/mol. The second-order valence-electron chi connectivity index (χ2n) is 5.17. The molecule has 5 heteroatoms. The van der Waals surface area contributed by atoms with Gasteiger partial charge in [0.15, 0.2) is 6.61 Å². The molecule has 0 spiro atoms. The summed E-state index contributed by atoms with van der Waals surface area (Å²) in [7, 11) is 0. The van der Waals surface area contributed by atoms with Crippen LogP contribution in [0.1, 0.15) is 26.2 Å². The van der Waals surface area contributed by atoms with Gasteiger partial charge in [0.2, 0.25) is 0 Å². The highest BCUT2D eigenvalue weighted by Crippen LogP contribution is 2.14. The van der Waals surface area contributed by atoms with Crippen LogP contribution in [0.15, 0.2) is 30.3 Å². The molecule has 0 aliphatic carbocycles. The van der Waals surface area contributed by atoms with E-state index < -0.39 is 0 Å². The van der Waals surface area contributed by atoms with Gasteiger partial charge in [-0.05, 0) is 44.5 Å². The number of ether oxygens (including phenoxy) is 1. The van der Waals surface area contributed by atoms with Crippen molar-refractivity contribution in [1.82, 2.24) is 10.2 Å². The van der Waals surface area contributed by atoms with Crippen molar-refractivity contribution < 1.29 is 9.53 Å². The number of halogens is 1. The lowest BCUT2D eigenvalue weighted by Gasteiger charge is -2.34. The third kappa shape index (κ3) is 5.56. The van der Waals surface area contributed by atoms with Crippen LogP contribution in [0.25, 0.3) is 0 Å². The van der Waals surface area contributed by atoms with Crippen LogP contribution in [-0.4, -0.2) is 43.1 Å². The van der Waals surface area contributed by atoms with E-state index in [0.29, 0.717) is 6.04 Å². The standard InChI is InChI=1S/C16H24N2O2.ClH/c1-2-12-18(14-8-10-17-11-9-14)16(19)13-20-15-6-4-3-5-7-15;/h3-7,14,17H,2,8-13H2,1H3;1H. The third-order valence-electron chi connectivity index (χ3n) is 3.64. The summed E-state index contributed by atoms with van der Waals surface area (Å²) in [6, 6.07) is 9.88. The van der Waals surface area contributed by atoms with Gasteiger partial charge in [-0.25, -0.2) is 0 Å². The highest BCUT2D eigenvalue weighted by Gasteiger charge is 2.24. The van der Waals surface area contributed by atoms with E-state index in [-0.39, 0.29) is 24.9 Å². The molecule has 1 fully saturated rings. The fourth-order valence-corrected chi connectivity index (χ4v) is 2.61. The first-order valence-corrected chi connectivity index (χ1v) is 7.49. The zero-order valence-electron chi connectivity index (χ0n) is 12.6. The van der Waals surface area contributed by atoms with E-state index in [0.717, 1.165) is 44.6 Å². The summed E-state index contributed by atoms with van der Waals surface area (Å²) in [5.41, 5.74) is 0. The minimum atomic E-state index is 0. The van der Waals surface area contributed by atoms with E-state index in [1.807, 2.05) is 35.2 Å². The van der Waals surface area contributed by atoms with Crippen LogP contribution in [0, 0.1) is 0 Å². The minimum Gasteiger partial charge on any atom is -0.484 e. The summed E-state index contributed by atoms with van der Waals surface area (Å²) in [4.78, 5) is 14.4. The van der Waals surface area contributed by atoms with E-state index in [1.54, 1.807) is 0 Å². The van der Waals surface area contributed by atoms with E-state index in [1.165, 1.54) is 0 Å². The van der Waals surface area contributed by atoms with Crippen molar-refractivity contribution in [2.24, 2.45) is 0 Å². The van der Waals surface area contributed by atoms with Crippen molar-refractivity contribution in [3.63, 3.8) is 0 Å².